The minimum Gasteiger partial charge on any atom is -0.492 e. The number of ether oxygens (including phenoxy) is 1. The first-order valence-corrected chi connectivity index (χ1v) is 11.7. The molecular formula is C23H28N4O3S. The van der Waals surface area contributed by atoms with E-state index >= 15 is 0 Å². The molecule has 3 heterocycles. The minimum atomic E-state index is 0.00171. The number of rotatable bonds is 9. The molecule has 3 aromatic rings. The van der Waals surface area contributed by atoms with E-state index in [1.165, 1.54) is 12.8 Å². The van der Waals surface area contributed by atoms with Crippen LogP contribution in [0.3, 0.4) is 0 Å². The Kier molecular flexibility index (Phi) is 6.96. The molecular weight excluding hydrogens is 412 g/mol. The number of piperidine rings is 1. The number of Topliss-reactive ketones (excluding diaryl/α,β-unsaturated/α-hetero) is 1. The van der Waals surface area contributed by atoms with Gasteiger partial charge in [0.25, 0.3) is 0 Å². The molecule has 2 aromatic heterocycles. The average molecular weight is 441 g/mol. The standard InChI is InChI=1S/C23H28N4O3S/c1-17-7-5-11-26(15-17)22-24-25-23(27(22)16-19-8-6-12-29-19)31-14-13-30-21-10-4-3-9-20(21)18(2)28/h3-4,6,8-10,12,17H,5,7,11,13-16H2,1-2H3/t17-/m0/s1. The Labute approximate surface area is 186 Å². The topological polar surface area (TPSA) is 73.4 Å². The summed E-state index contributed by atoms with van der Waals surface area (Å²) < 4.78 is 13.6. The quantitative estimate of drug-likeness (QED) is 0.275. The molecule has 164 valence electrons. The Balaban J connectivity index is 1.44. The van der Waals surface area contributed by atoms with Gasteiger partial charge in [0.05, 0.1) is 25.0 Å². The van der Waals surface area contributed by atoms with Gasteiger partial charge in [-0.25, -0.2) is 0 Å². The summed E-state index contributed by atoms with van der Waals surface area (Å²) in [5, 5.41) is 9.83. The Morgan fingerprint density at radius 2 is 2.13 bits per heavy atom. The third-order valence-corrected chi connectivity index (χ3v) is 6.30. The van der Waals surface area contributed by atoms with E-state index in [-0.39, 0.29) is 5.78 Å². The third kappa shape index (κ3) is 5.31. The van der Waals surface area contributed by atoms with Crippen molar-refractivity contribution in [3.05, 3.63) is 54.0 Å². The number of benzene rings is 1. The van der Waals surface area contributed by atoms with Crippen molar-refractivity contribution in [1.82, 2.24) is 14.8 Å². The Hall–Kier alpha value is -2.74. The maximum Gasteiger partial charge on any atom is 0.228 e. The maximum atomic E-state index is 11.8. The summed E-state index contributed by atoms with van der Waals surface area (Å²) in [5.74, 6) is 3.73. The Morgan fingerprint density at radius 3 is 2.90 bits per heavy atom. The lowest BCUT2D eigenvalue weighted by atomic mass is 10.0. The molecule has 0 radical (unpaired) electrons. The van der Waals surface area contributed by atoms with Crippen LogP contribution < -0.4 is 9.64 Å². The van der Waals surface area contributed by atoms with Crippen LogP contribution in [0, 0.1) is 5.92 Å². The van der Waals surface area contributed by atoms with Gasteiger partial charge >= 0.3 is 0 Å². The van der Waals surface area contributed by atoms with Gasteiger partial charge < -0.3 is 14.1 Å². The molecule has 1 fully saturated rings. The smallest absolute Gasteiger partial charge is 0.228 e. The van der Waals surface area contributed by atoms with Crippen molar-refractivity contribution in [2.24, 2.45) is 5.92 Å². The zero-order valence-electron chi connectivity index (χ0n) is 18.0. The predicted octanol–water partition coefficient (Wildman–Crippen LogP) is 4.53. The van der Waals surface area contributed by atoms with Crippen LogP contribution in [-0.2, 0) is 6.54 Å². The van der Waals surface area contributed by atoms with Gasteiger partial charge in [-0.15, -0.1) is 10.2 Å². The lowest BCUT2D eigenvalue weighted by molar-refractivity contribution is 0.101. The molecule has 0 saturated carbocycles. The van der Waals surface area contributed by atoms with Crippen molar-refractivity contribution in [3.8, 4) is 5.75 Å². The molecule has 31 heavy (non-hydrogen) atoms. The van der Waals surface area contributed by atoms with E-state index in [1.807, 2.05) is 30.3 Å². The Morgan fingerprint density at radius 1 is 1.26 bits per heavy atom. The molecule has 0 N–H and O–H groups in total. The summed E-state index contributed by atoms with van der Waals surface area (Å²) in [6.07, 6.45) is 4.11. The van der Waals surface area contributed by atoms with Crippen LogP contribution in [0.1, 0.15) is 42.8 Å². The molecule has 0 amide bonds. The molecule has 0 spiro atoms. The minimum absolute atomic E-state index is 0.00171. The van der Waals surface area contributed by atoms with E-state index in [4.69, 9.17) is 9.15 Å². The zero-order chi connectivity index (χ0) is 21.6. The van der Waals surface area contributed by atoms with Gasteiger partial charge in [0.15, 0.2) is 10.9 Å². The van der Waals surface area contributed by atoms with Crippen LogP contribution in [-0.4, -0.2) is 46.0 Å². The molecule has 1 aromatic carbocycles. The van der Waals surface area contributed by atoms with Gasteiger partial charge in [-0.05, 0) is 49.9 Å². The molecule has 1 aliphatic rings. The van der Waals surface area contributed by atoms with E-state index in [0.717, 1.165) is 30.0 Å². The molecule has 7 nitrogen and oxygen atoms in total. The largest absolute Gasteiger partial charge is 0.492 e. The predicted molar refractivity (Wildman–Crippen MR) is 121 cm³/mol. The van der Waals surface area contributed by atoms with Gasteiger partial charge in [-0.1, -0.05) is 30.8 Å². The van der Waals surface area contributed by atoms with Crippen LogP contribution in [0.5, 0.6) is 5.75 Å². The van der Waals surface area contributed by atoms with Crippen LogP contribution in [0.25, 0.3) is 0 Å². The lowest BCUT2D eigenvalue weighted by Gasteiger charge is -2.31. The monoisotopic (exact) mass is 440 g/mol. The number of hydrogen-bond donors (Lipinski definition) is 0. The second-order valence-corrected chi connectivity index (χ2v) is 8.95. The molecule has 1 atom stereocenters. The van der Waals surface area contributed by atoms with Crippen molar-refractivity contribution in [3.63, 3.8) is 0 Å². The molecule has 1 saturated heterocycles. The first-order valence-electron chi connectivity index (χ1n) is 10.7. The fourth-order valence-electron chi connectivity index (χ4n) is 3.86. The molecule has 8 heteroatoms. The lowest BCUT2D eigenvalue weighted by Crippen LogP contribution is -2.36. The third-order valence-electron chi connectivity index (χ3n) is 5.37. The highest BCUT2D eigenvalue weighted by molar-refractivity contribution is 7.99. The van der Waals surface area contributed by atoms with E-state index < -0.39 is 0 Å². The fraction of sp³-hybridized carbons (Fsp3) is 0.435. The van der Waals surface area contributed by atoms with E-state index in [2.05, 4.69) is 26.6 Å². The number of furan rings is 1. The van der Waals surface area contributed by atoms with E-state index in [0.29, 0.717) is 36.1 Å². The maximum absolute atomic E-state index is 11.8. The van der Waals surface area contributed by atoms with Crippen molar-refractivity contribution in [1.29, 1.82) is 0 Å². The fourth-order valence-corrected chi connectivity index (χ4v) is 4.61. The molecule has 0 bridgehead atoms. The normalized spacial score (nSPS) is 16.5. The van der Waals surface area contributed by atoms with Gasteiger partial charge in [0, 0.05) is 18.8 Å². The van der Waals surface area contributed by atoms with Gasteiger partial charge in [-0.3, -0.25) is 9.36 Å². The number of anilines is 1. The number of ketones is 1. The van der Waals surface area contributed by atoms with Gasteiger partial charge in [0.1, 0.15) is 11.5 Å². The Bertz CT molecular complexity index is 1000. The summed E-state index contributed by atoms with van der Waals surface area (Å²) in [7, 11) is 0. The number of carbonyl (C=O) groups excluding carboxylic acids is 1. The van der Waals surface area contributed by atoms with Gasteiger partial charge in [-0.2, -0.15) is 0 Å². The second-order valence-electron chi connectivity index (χ2n) is 7.89. The SMILES string of the molecule is CC(=O)c1ccccc1OCCSc1nnc(N2CCC[C@H](C)C2)n1Cc1ccco1. The number of carbonyl (C=O) groups is 1. The van der Waals surface area contributed by atoms with Crippen LogP contribution in [0.4, 0.5) is 5.95 Å². The first kappa shape index (κ1) is 21.5. The summed E-state index contributed by atoms with van der Waals surface area (Å²) >= 11 is 1.60. The average Bonchev–Trinajstić information content (AvgIpc) is 3.42. The highest BCUT2D eigenvalue weighted by Crippen LogP contribution is 2.27. The van der Waals surface area contributed by atoms with E-state index in [1.54, 1.807) is 31.0 Å². The number of thioether (sulfide) groups is 1. The number of hydrogen-bond acceptors (Lipinski definition) is 7. The number of nitrogens with zero attached hydrogens (tertiary/aromatic N) is 4. The molecule has 1 aliphatic heterocycles. The van der Waals surface area contributed by atoms with Crippen molar-refractivity contribution in [2.75, 3.05) is 30.3 Å². The summed E-state index contributed by atoms with van der Waals surface area (Å²) in [4.78, 5) is 14.1. The second kappa shape index (κ2) is 10.0. The number of para-hydroxylation sites is 1. The highest BCUT2D eigenvalue weighted by atomic mass is 32.2. The van der Waals surface area contributed by atoms with Crippen molar-refractivity contribution < 1.29 is 13.9 Å². The summed E-state index contributed by atoms with van der Waals surface area (Å²) in [6, 6.07) is 11.2. The van der Waals surface area contributed by atoms with E-state index in [9.17, 15) is 4.79 Å². The van der Waals surface area contributed by atoms with Crippen molar-refractivity contribution >= 4 is 23.5 Å². The summed E-state index contributed by atoms with van der Waals surface area (Å²) in [6.45, 7) is 6.89. The van der Waals surface area contributed by atoms with Crippen LogP contribution >= 0.6 is 11.8 Å². The highest BCUT2D eigenvalue weighted by Gasteiger charge is 2.23. The van der Waals surface area contributed by atoms with Crippen molar-refractivity contribution in [2.45, 2.75) is 38.4 Å². The molecule has 0 aliphatic carbocycles. The molecule has 4 rings (SSSR count). The van der Waals surface area contributed by atoms with Crippen LogP contribution in [0.15, 0.2) is 52.2 Å². The number of aromatic nitrogens is 3. The van der Waals surface area contributed by atoms with Crippen LogP contribution in [0.2, 0.25) is 0 Å². The van der Waals surface area contributed by atoms with Gasteiger partial charge in [0.2, 0.25) is 5.95 Å². The molecule has 0 unspecified atom stereocenters. The first-order chi connectivity index (χ1) is 15.1. The summed E-state index contributed by atoms with van der Waals surface area (Å²) in [5.41, 5.74) is 0.606. The zero-order valence-corrected chi connectivity index (χ0v) is 18.8.